The Morgan fingerprint density at radius 2 is 1.86 bits per heavy atom. The number of carbonyl (C=O) groups is 1. The van der Waals surface area contributed by atoms with Crippen molar-refractivity contribution in [2.45, 2.75) is 31.8 Å². The van der Waals surface area contributed by atoms with E-state index < -0.39 is 0 Å². The number of hydrazone groups is 1. The first-order valence-corrected chi connectivity index (χ1v) is 7.53. The van der Waals surface area contributed by atoms with Crippen molar-refractivity contribution in [3.8, 4) is 0 Å². The number of amides is 1. The Kier molecular flexibility index (Phi) is 2.85. The number of nitrogens with zero attached hydrogens (tertiary/aromatic N) is 3. The molecule has 2 bridgehead atoms. The molecule has 0 aliphatic carbocycles. The van der Waals surface area contributed by atoms with E-state index in [1.807, 2.05) is 0 Å². The third-order valence-corrected chi connectivity index (χ3v) is 4.96. The second-order valence-electron chi connectivity index (χ2n) is 6.14. The van der Waals surface area contributed by atoms with E-state index in [-0.39, 0.29) is 23.8 Å². The molecule has 1 amide bonds. The SMILES string of the molecule is CC(=O)N1N=C2C3CCN(CC3)[C@@H]2[C@@H]1c1ccc(F)cc1. The van der Waals surface area contributed by atoms with Gasteiger partial charge in [-0.2, -0.15) is 5.10 Å². The van der Waals surface area contributed by atoms with Crippen LogP contribution in [0.4, 0.5) is 4.39 Å². The van der Waals surface area contributed by atoms with E-state index in [1.54, 1.807) is 24.1 Å². The van der Waals surface area contributed by atoms with Crippen molar-refractivity contribution in [1.82, 2.24) is 9.91 Å². The zero-order chi connectivity index (χ0) is 14.6. The quantitative estimate of drug-likeness (QED) is 0.793. The number of carbonyl (C=O) groups excluding carboxylic acids is 1. The van der Waals surface area contributed by atoms with Gasteiger partial charge < -0.3 is 0 Å². The van der Waals surface area contributed by atoms with Crippen LogP contribution < -0.4 is 0 Å². The summed E-state index contributed by atoms with van der Waals surface area (Å²) in [5.41, 5.74) is 2.11. The van der Waals surface area contributed by atoms with Gasteiger partial charge in [0.2, 0.25) is 5.91 Å². The number of fused-ring (bicyclic) bond motifs is 2. The highest BCUT2D eigenvalue weighted by Crippen LogP contribution is 2.43. The van der Waals surface area contributed by atoms with E-state index in [4.69, 9.17) is 0 Å². The maximum Gasteiger partial charge on any atom is 0.240 e. The van der Waals surface area contributed by atoms with Crippen LogP contribution in [0.2, 0.25) is 0 Å². The van der Waals surface area contributed by atoms with Crippen LogP contribution in [-0.2, 0) is 4.79 Å². The standard InChI is InChI=1S/C16H18FN3O/c1-10(21)20-15(12-2-4-13(17)5-3-12)16-14(18-20)11-6-8-19(16)9-7-11/h2-5,11,15-16H,6-9H2,1H3/t15-,16-/m0/s1. The molecule has 1 aromatic rings. The Bertz CT molecular complexity index is 604. The van der Waals surface area contributed by atoms with Crippen molar-refractivity contribution in [1.29, 1.82) is 0 Å². The van der Waals surface area contributed by atoms with Gasteiger partial charge in [-0.1, -0.05) is 12.1 Å². The first-order chi connectivity index (χ1) is 10.1. The predicted molar refractivity (Wildman–Crippen MR) is 77.2 cm³/mol. The number of rotatable bonds is 1. The molecular formula is C16H18FN3O. The van der Waals surface area contributed by atoms with Gasteiger partial charge in [0.15, 0.2) is 0 Å². The van der Waals surface area contributed by atoms with Gasteiger partial charge in [-0.3, -0.25) is 9.69 Å². The smallest absolute Gasteiger partial charge is 0.240 e. The van der Waals surface area contributed by atoms with E-state index in [0.29, 0.717) is 5.92 Å². The van der Waals surface area contributed by atoms with Gasteiger partial charge in [0, 0.05) is 12.8 Å². The maximum atomic E-state index is 13.2. The molecule has 1 aromatic carbocycles. The fourth-order valence-corrected chi connectivity index (χ4v) is 3.97. The average Bonchev–Trinajstić information content (AvgIpc) is 2.92. The van der Waals surface area contributed by atoms with E-state index in [2.05, 4.69) is 10.0 Å². The number of hydrogen-bond acceptors (Lipinski definition) is 3. The highest BCUT2D eigenvalue weighted by atomic mass is 19.1. The number of benzene rings is 1. The minimum Gasteiger partial charge on any atom is -0.293 e. The molecule has 4 aliphatic heterocycles. The van der Waals surface area contributed by atoms with E-state index in [1.165, 1.54) is 12.1 Å². The molecule has 110 valence electrons. The van der Waals surface area contributed by atoms with Crippen molar-refractivity contribution >= 4 is 11.6 Å². The van der Waals surface area contributed by atoms with E-state index >= 15 is 0 Å². The van der Waals surface area contributed by atoms with Crippen LogP contribution in [-0.4, -0.2) is 40.7 Å². The van der Waals surface area contributed by atoms with Gasteiger partial charge in [-0.15, -0.1) is 0 Å². The molecule has 0 radical (unpaired) electrons. The van der Waals surface area contributed by atoms with Crippen LogP contribution in [0.3, 0.4) is 0 Å². The molecule has 2 atom stereocenters. The van der Waals surface area contributed by atoms with Crippen molar-refractivity contribution in [3.05, 3.63) is 35.6 Å². The van der Waals surface area contributed by atoms with Gasteiger partial charge in [0.1, 0.15) is 11.9 Å². The van der Waals surface area contributed by atoms with Crippen molar-refractivity contribution < 1.29 is 9.18 Å². The summed E-state index contributed by atoms with van der Waals surface area (Å²) in [7, 11) is 0. The number of piperidine rings is 3. The molecule has 0 spiro atoms. The van der Waals surface area contributed by atoms with Gasteiger partial charge in [0.05, 0.1) is 11.8 Å². The summed E-state index contributed by atoms with van der Waals surface area (Å²) < 4.78 is 13.2. The third kappa shape index (κ3) is 1.91. The molecule has 4 nitrogen and oxygen atoms in total. The van der Waals surface area contributed by atoms with Crippen LogP contribution in [0.5, 0.6) is 0 Å². The van der Waals surface area contributed by atoms with Crippen molar-refractivity contribution in [2.24, 2.45) is 11.0 Å². The molecule has 3 fully saturated rings. The monoisotopic (exact) mass is 287 g/mol. The number of halogens is 1. The minimum atomic E-state index is -0.252. The lowest BCUT2D eigenvalue weighted by molar-refractivity contribution is -0.131. The van der Waals surface area contributed by atoms with Gasteiger partial charge >= 0.3 is 0 Å². The summed E-state index contributed by atoms with van der Waals surface area (Å²) in [6, 6.07) is 6.53. The molecule has 5 rings (SSSR count). The molecular weight excluding hydrogens is 269 g/mol. The highest BCUT2D eigenvalue weighted by molar-refractivity contribution is 5.97. The summed E-state index contributed by atoms with van der Waals surface area (Å²) in [4.78, 5) is 14.4. The first-order valence-electron chi connectivity index (χ1n) is 7.53. The molecule has 3 saturated heterocycles. The van der Waals surface area contributed by atoms with Gasteiger partial charge in [0.25, 0.3) is 0 Å². The summed E-state index contributed by atoms with van der Waals surface area (Å²) >= 11 is 0. The van der Waals surface area contributed by atoms with Crippen LogP contribution >= 0.6 is 0 Å². The summed E-state index contributed by atoms with van der Waals surface area (Å²) in [5, 5.41) is 6.24. The van der Waals surface area contributed by atoms with E-state index in [9.17, 15) is 9.18 Å². The molecule has 0 unspecified atom stereocenters. The molecule has 0 saturated carbocycles. The van der Waals surface area contributed by atoms with Crippen molar-refractivity contribution in [2.75, 3.05) is 13.1 Å². The lowest BCUT2D eigenvalue weighted by Crippen LogP contribution is -2.56. The van der Waals surface area contributed by atoms with Gasteiger partial charge in [-0.25, -0.2) is 9.40 Å². The zero-order valence-electron chi connectivity index (χ0n) is 12.0. The Morgan fingerprint density at radius 1 is 1.19 bits per heavy atom. The molecule has 0 N–H and O–H groups in total. The molecule has 4 aliphatic rings. The van der Waals surface area contributed by atoms with Crippen molar-refractivity contribution in [3.63, 3.8) is 0 Å². The van der Waals surface area contributed by atoms with Crippen LogP contribution in [0.15, 0.2) is 29.4 Å². The minimum absolute atomic E-state index is 0.0492. The van der Waals surface area contributed by atoms with Crippen LogP contribution in [0, 0.1) is 11.7 Å². The Balaban J connectivity index is 1.77. The lowest BCUT2D eigenvalue weighted by Gasteiger charge is -2.46. The van der Waals surface area contributed by atoms with E-state index in [0.717, 1.165) is 37.2 Å². The average molecular weight is 287 g/mol. The van der Waals surface area contributed by atoms with Crippen LogP contribution in [0.1, 0.15) is 31.4 Å². The highest BCUT2D eigenvalue weighted by Gasteiger charge is 2.50. The lowest BCUT2D eigenvalue weighted by atomic mass is 9.78. The fourth-order valence-electron chi connectivity index (χ4n) is 3.97. The summed E-state index contributed by atoms with van der Waals surface area (Å²) in [6.07, 6.45) is 2.27. The number of hydrogen-bond donors (Lipinski definition) is 0. The topological polar surface area (TPSA) is 35.9 Å². The van der Waals surface area contributed by atoms with Gasteiger partial charge in [-0.05, 0) is 43.6 Å². The Hall–Kier alpha value is -1.75. The normalized spacial score (nSPS) is 33.8. The molecule has 5 heteroatoms. The molecule has 21 heavy (non-hydrogen) atoms. The Morgan fingerprint density at radius 3 is 2.48 bits per heavy atom. The molecule has 4 heterocycles. The fraction of sp³-hybridized carbons (Fsp3) is 0.500. The first kappa shape index (κ1) is 13.0. The predicted octanol–water partition coefficient (Wildman–Crippen LogP) is 2.18. The second kappa shape index (κ2) is 4.63. The third-order valence-electron chi connectivity index (χ3n) is 4.96. The molecule has 0 aromatic heterocycles. The maximum absolute atomic E-state index is 13.2. The van der Waals surface area contributed by atoms with Crippen LogP contribution in [0.25, 0.3) is 0 Å². The summed E-state index contributed by atoms with van der Waals surface area (Å²) in [6.45, 7) is 3.69. The summed E-state index contributed by atoms with van der Waals surface area (Å²) in [5.74, 6) is 0.205. The Labute approximate surface area is 123 Å². The zero-order valence-corrected chi connectivity index (χ0v) is 12.0. The second-order valence-corrected chi connectivity index (χ2v) is 6.14. The largest absolute Gasteiger partial charge is 0.293 e.